The third kappa shape index (κ3) is 2.76. The van der Waals surface area contributed by atoms with E-state index in [2.05, 4.69) is 10.4 Å². The summed E-state index contributed by atoms with van der Waals surface area (Å²) < 4.78 is 34.7. The monoisotopic (exact) mass is 295 g/mol. The van der Waals surface area contributed by atoms with Crippen molar-refractivity contribution in [2.24, 2.45) is 0 Å². The number of aromatic nitrogens is 2. The number of benzene rings is 1. The van der Waals surface area contributed by atoms with Crippen molar-refractivity contribution >= 4 is 0 Å². The van der Waals surface area contributed by atoms with Crippen molar-refractivity contribution in [2.45, 2.75) is 26.4 Å². The van der Waals surface area contributed by atoms with Crippen molar-refractivity contribution in [3.63, 3.8) is 0 Å². The SMILES string of the molecule is CCn1ncc(OC)c1C(NC)c1cc(C)c(F)cc1F. The Morgan fingerprint density at radius 3 is 2.62 bits per heavy atom. The van der Waals surface area contributed by atoms with Crippen LogP contribution in [0.1, 0.15) is 29.8 Å². The average molecular weight is 295 g/mol. The Kier molecular flexibility index (Phi) is 4.57. The van der Waals surface area contributed by atoms with Gasteiger partial charge in [-0.15, -0.1) is 0 Å². The maximum absolute atomic E-state index is 14.2. The fourth-order valence-electron chi connectivity index (χ4n) is 2.42. The lowest BCUT2D eigenvalue weighted by Gasteiger charge is -2.20. The van der Waals surface area contributed by atoms with Gasteiger partial charge in [0.2, 0.25) is 0 Å². The molecule has 0 aliphatic rings. The summed E-state index contributed by atoms with van der Waals surface area (Å²) in [4.78, 5) is 0. The molecule has 2 rings (SSSR count). The Hall–Kier alpha value is -1.95. The van der Waals surface area contributed by atoms with Crippen LogP contribution in [-0.2, 0) is 6.54 Å². The molecule has 0 aliphatic carbocycles. The van der Waals surface area contributed by atoms with Crippen LogP contribution in [0.15, 0.2) is 18.3 Å². The largest absolute Gasteiger partial charge is 0.493 e. The van der Waals surface area contributed by atoms with Gasteiger partial charge in [0.15, 0.2) is 5.75 Å². The molecule has 0 amide bonds. The zero-order valence-corrected chi connectivity index (χ0v) is 12.6. The first-order chi connectivity index (χ1) is 10.0. The van der Waals surface area contributed by atoms with Crippen molar-refractivity contribution in [3.05, 3.63) is 46.8 Å². The minimum Gasteiger partial charge on any atom is -0.493 e. The van der Waals surface area contributed by atoms with Crippen LogP contribution in [0.25, 0.3) is 0 Å². The van der Waals surface area contributed by atoms with Crippen LogP contribution >= 0.6 is 0 Å². The van der Waals surface area contributed by atoms with Crippen molar-refractivity contribution < 1.29 is 13.5 Å². The lowest BCUT2D eigenvalue weighted by atomic mass is 10.00. The topological polar surface area (TPSA) is 39.1 Å². The maximum atomic E-state index is 14.2. The summed E-state index contributed by atoms with van der Waals surface area (Å²) in [6.07, 6.45) is 1.59. The Morgan fingerprint density at radius 2 is 2.05 bits per heavy atom. The molecule has 0 fully saturated rings. The first kappa shape index (κ1) is 15.4. The molecule has 0 aliphatic heterocycles. The molecule has 1 aromatic heterocycles. The van der Waals surface area contributed by atoms with Crippen LogP contribution in [0.4, 0.5) is 8.78 Å². The van der Waals surface area contributed by atoms with Crippen LogP contribution in [0, 0.1) is 18.6 Å². The zero-order chi connectivity index (χ0) is 15.6. The van der Waals surface area contributed by atoms with Crippen molar-refractivity contribution in [2.75, 3.05) is 14.2 Å². The van der Waals surface area contributed by atoms with Crippen molar-refractivity contribution in [1.82, 2.24) is 15.1 Å². The zero-order valence-electron chi connectivity index (χ0n) is 12.6. The van der Waals surface area contributed by atoms with Gasteiger partial charge in [-0.1, -0.05) is 0 Å². The summed E-state index contributed by atoms with van der Waals surface area (Å²) in [5.74, 6) is -0.581. The summed E-state index contributed by atoms with van der Waals surface area (Å²) in [5, 5.41) is 7.28. The highest BCUT2D eigenvalue weighted by Gasteiger charge is 2.25. The Balaban J connectivity index is 2.60. The molecule has 4 nitrogen and oxygen atoms in total. The van der Waals surface area contributed by atoms with Gasteiger partial charge in [0.05, 0.1) is 19.3 Å². The van der Waals surface area contributed by atoms with E-state index in [4.69, 9.17) is 4.74 Å². The summed E-state index contributed by atoms with van der Waals surface area (Å²) in [7, 11) is 3.26. The molecule has 0 spiro atoms. The third-order valence-corrected chi connectivity index (χ3v) is 3.52. The van der Waals surface area contributed by atoms with E-state index in [0.29, 0.717) is 29.1 Å². The lowest BCUT2D eigenvalue weighted by molar-refractivity contribution is 0.399. The van der Waals surface area contributed by atoms with Gasteiger partial charge in [-0.25, -0.2) is 8.78 Å². The number of nitrogens with one attached hydrogen (secondary N) is 1. The number of aryl methyl sites for hydroxylation is 2. The van der Waals surface area contributed by atoms with E-state index in [1.807, 2.05) is 6.92 Å². The molecule has 0 bridgehead atoms. The second kappa shape index (κ2) is 6.22. The standard InChI is InChI=1S/C15H19F2N3O/c1-5-20-15(13(21-4)8-19-20)14(18-3)10-6-9(2)11(16)7-12(10)17/h6-8,14,18H,5H2,1-4H3. The van der Waals surface area contributed by atoms with E-state index >= 15 is 0 Å². The summed E-state index contributed by atoms with van der Waals surface area (Å²) >= 11 is 0. The van der Waals surface area contributed by atoms with Crippen LogP contribution < -0.4 is 10.1 Å². The summed E-state index contributed by atoms with van der Waals surface area (Å²) in [5.41, 5.74) is 1.48. The Labute approximate surface area is 122 Å². The van der Waals surface area contributed by atoms with Gasteiger partial charge < -0.3 is 10.1 Å². The average Bonchev–Trinajstić information content (AvgIpc) is 2.88. The molecule has 0 radical (unpaired) electrons. The first-order valence-electron chi connectivity index (χ1n) is 6.75. The molecule has 1 unspecified atom stereocenters. The molecule has 0 saturated heterocycles. The van der Waals surface area contributed by atoms with Crippen molar-refractivity contribution in [3.8, 4) is 5.75 Å². The molecular formula is C15H19F2N3O. The number of hydrogen-bond acceptors (Lipinski definition) is 3. The van der Waals surface area contributed by atoms with Gasteiger partial charge in [0, 0.05) is 18.2 Å². The number of halogens is 2. The minimum absolute atomic E-state index is 0.366. The smallest absolute Gasteiger partial charge is 0.161 e. The maximum Gasteiger partial charge on any atom is 0.161 e. The number of ether oxygens (including phenoxy) is 1. The molecule has 1 N–H and O–H groups in total. The van der Waals surface area contributed by atoms with Crippen LogP contribution in [0.3, 0.4) is 0 Å². The Morgan fingerprint density at radius 1 is 1.33 bits per heavy atom. The molecule has 6 heteroatoms. The number of hydrogen-bond donors (Lipinski definition) is 1. The predicted molar refractivity (Wildman–Crippen MR) is 76.5 cm³/mol. The molecule has 21 heavy (non-hydrogen) atoms. The van der Waals surface area contributed by atoms with Crippen molar-refractivity contribution in [1.29, 1.82) is 0 Å². The van der Waals surface area contributed by atoms with E-state index in [1.165, 1.54) is 6.07 Å². The molecule has 1 aromatic carbocycles. The van der Waals surface area contributed by atoms with Gasteiger partial charge in [-0.3, -0.25) is 4.68 Å². The van der Waals surface area contributed by atoms with E-state index in [1.54, 1.807) is 32.0 Å². The molecule has 1 atom stereocenters. The van der Waals surface area contributed by atoms with Gasteiger partial charge in [-0.2, -0.15) is 5.10 Å². The lowest BCUT2D eigenvalue weighted by Crippen LogP contribution is -2.23. The van der Waals surface area contributed by atoms with Crippen LogP contribution in [0.2, 0.25) is 0 Å². The summed E-state index contributed by atoms with van der Waals surface area (Å²) in [6.45, 7) is 4.17. The van der Waals surface area contributed by atoms with Gasteiger partial charge in [0.25, 0.3) is 0 Å². The van der Waals surface area contributed by atoms with E-state index < -0.39 is 17.7 Å². The highest BCUT2D eigenvalue weighted by atomic mass is 19.1. The predicted octanol–water partition coefficient (Wildman–Crippen LogP) is 2.81. The second-order valence-corrected chi connectivity index (χ2v) is 4.76. The molecular weight excluding hydrogens is 276 g/mol. The van der Waals surface area contributed by atoms with Crippen LogP contribution in [0.5, 0.6) is 5.75 Å². The highest BCUT2D eigenvalue weighted by molar-refractivity contribution is 5.39. The van der Waals surface area contributed by atoms with E-state index in [9.17, 15) is 8.78 Å². The highest BCUT2D eigenvalue weighted by Crippen LogP contribution is 2.32. The first-order valence-corrected chi connectivity index (χ1v) is 6.75. The third-order valence-electron chi connectivity index (χ3n) is 3.52. The van der Waals surface area contributed by atoms with E-state index in [-0.39, 0.29) is 0 Å². The number of methoxy groups -OCH3 is 1. The number of rotatable bonds is 5. The molecule has 114 valence electrons. The van der Waals surface area contributed by atoms with Gasteiger partial charge in [-0.05, 0) is 32.5 Å². The fraction of sp³-hybridized carbons (Fsp3) is 0.400. The van der Waals surface area contributed by atoms with Gasteiger partial charge >= 0.3 is 0 Å². The Bertz CT molecular complexity index is 619. The quantitative estimate of drug-likeness (QED) is 0.922. The summed E-state index contributed by atoms with van der Waals surface area (Å²) in [6, 6.07) is 1.95. The molecule has 0 saturated carbocycles. The van der Waals surface area contributed by atoms with Gasteiger partial charge in [0.1, 0.15) is 17.3 Å². The van der Waals surface area contributed by atoms with Crippen LogP contribution in [-0.4, -0.2) is 23.9 Å². The molecule has 1 heterocycles. The minimum atomic E-state index is -0.594. The number of nitrogens with zero attached hydrogens (tertiary/aromatic N) is 2. The fourth-order valence-corrected chi connectivity index (χ4v) is 2.42. The second-order valence-electron chi connectivity index (χ2n) is 4.76. The van der Waals surface area contributed by atoms with E-state index in [0.717, 1.165) is 6.07 Å². The molecule has 2 aromatic rings. The normalized spacial score (nSPS) is 12.5.